The molecule has 0 aliphatic carbocycles. The van der Waals surface area contributed by atoms with E-state index in [0.29, 0.717) is 0 Å². The van der Waals surface area contributed by atoms with Crippen LogP contribution in [0.5, 0.6) is 0 Å². The van der Waals surface area contributed by atoms with Crippen LogP contribution in [-0.4, -0.2) is 22.1 Å². The number of rotatable bonds is 2. The van der Waals surface area contributed by atoms with Crippen molar-refractivity contribution in [2.24, 2.45) is 0 Å². The maximum absolute atomic E-state index is 13.1. The van der Waals surface area contributed by atoms with Crippen LogP contribution < -0.4 is 0 Å². The summed E-state index contributed by atoms with van der Waals surface area (Å²) in [5, 5.41) is 0. The predicted molar refractivity (Wildman–Crippen MR) is 105 cm³/mol. The Morgan fingerprint density at radius 3 is 1.96 bits per heavy atom. The fourth-order valence-corrected chi connectivity index (χ4v) is 4.01. The van der Waals surface area contributed by atoms with Crippen LogP contribution in [0.2, 0.25) is 0 Å². The van der Waals surface area contributed by atoms with Crippen molar-refractivity contribution >= 4 is 6.09 Å². The average molecular weight is 351 g/mol. The van der Waals surface area contributed by atoms with E-state index in [2.05, 4.69) is 50.2 Å². The van der Waals surface area contributed by atoms with Crippen molar-refractivity contribution in [1.82, 2.24) is 4.90 Å². The molecule has 2 aromatic carbocycles. The fourth-order valence-electron chi connectivity index (χ4n) is 4.01. The Kier molecular flexibility index (Phi) is 4.83. The summed E-state index contributed by atoms with van der Waals surface area (Å²) in [6, 6.07) is 20.8. The lowest BCUT2D eigenvalue weighted by molar-refractivity contribution is 0.00303. The second-order valence-electron chi connectivity index (χ2n) is 8.74. The molecule has 1 aliphatic rings. The molecule has 0 saturated carbocycles. The molecule has 1 saturated heterocycles. The van der Waals surface area contributed by atoms with Crippen molar-refractivity contribution in [2.45, 2.75) is 64.1 Å². The molecule has 0 spiro atoms. The third kappa shape index (κ3) is 3.77. The lowest BCUT2D eigenvalue weighted by Crippen LogP contribution is -2.46. The van der Waals surface area contributed by atoms with E-state index in [0.717, 1.165) is 12.0 Å². The number of benzene rings is 2. The largest absolute Gasteiger partial charge is 0.444 e. The van der Waals surface area contributed by atoms with Crippen molar-refractivity contribution in [1.29, 1.82) is 0 Å². The van der Waals surface area contributed by atoms with Crippen molar-refractivity contribution in [3.63, 3.8) is 0 Å². The molecule has 3 nitrogen and oxygen atoms in total. The minimum absolute atomic E-state index is 0.0385. The van der Waals surface area contributed by atoms with Gasteiger partial charge in [0.25, 0.3) is 0 Å². The quantitative estimate of drug-likeness (QED) is 0.671. The smallest absolute Gasteiger partial charge is 0.411 e. The van der Waals surface area contributed by atoms with E-state index in [1.165, 1.54) is 5.56 Å². The highest BCUT2D eigenvalue weighted by molar-refractivity contribution is 5.71. The lowest BCUT2D eigenvalue weighted by Gasteiger charge is -2.37. The Labute approximate surface area is 157 Å². The minimum atomic E-state index is -0.515. The molecule has 2 aromatic rings. The van der Waals surface area contributed by atoms with Gasteiger partial charge in [0.15, 0.2) is 0 Å². The first-order valence-corrected chi connectivity index (χ1v) is 9.31. The Balaban J connectivity index is 2.06. The molecule has 1 unspecified atom stereocenters. The van der Waals surface area contributed by atoms with Crippen LogP contribution >= 0.6 is 0 Å². The molecule has 2 atom stereocenters. The molecule has 1 aliphatic heterocycles. The number of ether oxygens (including phenoxy) is 1. The Morgan fingerprint density at radius 2 is 1.46 bits per heavy atom. The molecular weight excluding hydrogens is 322 g/mol. The van der Waals surface area contributed by atoms with E-state index < -0.39 is 5.60 Å². The van der Waals surface area contributed by atoms with Crippen LogP contribution in [0.25, 0.3) is 0 Å². The van der Waals surface area contributed by atoms with Crippen LogP contribution in [0.4, 0.5) is 4.79 Å². The zero-order valence-corrected chi connectivity index (χ0v) is 16.4. The van der Waals surface area contributed by atoms with Crippen LogP contribution in [0, 0.1) is 0 Å². The van der Waals surface area contributed by atoms with Gasteiger partial charge in [-0.1, -0.05) is 60.7 Å². The normalized spacial score (nSPS) is 22.3. The molecular formula is C23H29NO2. The zero-order chi connectivity index (χ0) is 18.9. The second-order valence-corrected chi connectivity index (χ2v) is 8.74. The summed E-state index contributed by atoms with van der Waals surface area (Å²) in [4.78, 5) is 15.1. The number of amides is 1. The van der Waals surface area contributed by atoms with Gasteiger partial charge in [0.1, 0.15) is 5.60 Å². The highest BCUT2D eigenvalue weighted by atomic mass is 16.6. The van der Waals surface area contributed by atoms with Gasteiger partial charge in [-0.25, -0.2) is 4.79 Å². The van der Waals surface area contributed by atoms with Gasteiger partial charge in [0.2, 0.25) is 0 Å². The maximum atomic E-state index is 13.1. The van der Waals surface area contributed by atoms with Gasteiger partial charge in [-0.2, -0.15) is 0 Å². The molecule has 0 N–H and O–H groups in total. The standard InChI is InChI=1S/C23H29NO2/c1-22(2,3)26-21(25)24-20(18-14-10-7-11-15-18)19(16-23(24,4)5)17-12-8-6-9-13-17/h6-15,19-20H,16H2,1-5H3/t19?,20-/m0/s1. The highest BCUT2D eigenvalue weighted by Gasteiger charge is 2.50. The zero-order valence-electron chi connectivity index (χ0n) is 16.4. The van der Waals surface area contributed by atoms with Crippen LogP contribution in [-0.2, 0) is 4.74 Å². The van der Waals surface area contributed by atoms with E-state index >= 15 is 0 Å². The summed E-state index contributed by atoms with van der Waals surface area (Å²) >= 11 is 0. The van der Waals surface area contributed by atoms with Gasteiger partial charge in [0.05, 0.1) is 6.04 Å². The SMILES string of the molecule is CC(C)(C)OC(=O)N1[C@@H](c2ccccc2)C(c2ccccc2)CC1(C)C. The second kappa shape index (κ2) is 6.79. The minimum Gasteiger partial charge on any atom is -0.444 e. The number of nitrogens with zero attached hydrogens (tertiary/aromatic N) is 1. The first-order chi connectivity index (χ1) is 12.2. The molecule has 1 amide bonds. The summed E-state index contributed by atoms with van der Waals surface area (Å²) in [6.07, 6.45) is 0.658. The first kappa shape index (κ1) is 18.5. The molecule has 3 heteroatoms. The lowest BCUT2D eigenvalue weighted by atomic mass is 9.85. The molecule has 0 bridgehead atoms. The third-order valence-electron chi connectivity index (χ3n) is 4.99. The van der Waals surface area contributed by atoms with Crippen LogP contribution in [0.15, 0.2) is 60.7 Å². The first-order valence-electron chi connectivity index (χ1n) is 9.31. The Hall–Kier alpha value is -2.29. The van der Waals surface area contributed by atoms with Gasteiger partial charge >= 0.3 is 6.09 Å². The molecule has 0 aromatic heterocycles. The molecule has 138 valence electrons. The highest BCUT2D eigenvalue weighted by Crippen LogP contribution is 2.51. The van der Waals surface area contributed by atoms with Gasteiger partial charge in [0, 0.05) is 11.5 Å². The molecule has 3 rings (SSSR count). The number of hydrogen-bond acceptors (Lipinski definition) is 2. The van der Waals surface area contributed by atoms with E-state index in [1.54, 1.807) is 0 Å². The van der Waals surface area contributed by atoms with Crippen molar-refractivity contribution < 1.29 is 9.53 Å². The number of carbonyl (C=O) groups excluding carboxylic acids is 1. The predicted octanol–water partition coefficient (Wildman–Crippen LogP) is 5.93. The van der Waals surface area contributed by atoms with Crippen LogP contribution in [0.3, 0.4) is 0 Å². The van der Waals surface area contributed by atoms with Crippen molar-refractivity contribution in [2.75, 3.05) is 0 Å². The molecule has 1 heterocycles. The van der Waals surface area contributed by atoms with Gasteiger partial charge < -0.3 is 4.74 Å². The van der Waals surface area contributed by atoms with Crippen molar-refractivity contribution in [3.05, 3.63) is 71.8 Å². The van der Waals surface area contributed by atoms with Crippen LogP contribution in [0.1, 0.15) is 64.1 Å². The van der Waals surface area contributed by atoms with Gasteiger partial charge in [-0.05, 0) is 52.2 Å². The molecule has 1 fully saturated rings. The Morgan fingerprint density at radius 1 is 0.962 bits per heavy atom. The summed E-state index contributed by atoms with van der Waals surface area (Å²) in [5.41, 5.74) is 1.61. The monoisotopic (exact) mass is 351 g/mol. The number of hydrogen-bond donors (Lipinski definition) is 0. The van der Waals surface area contributed by atoms with Crippen molar-refractivity contribution in [3.8, 4) is 0 Å². The van der Waals surface area contributed by atoms with E-state index in [9.17, 15) is 4.79 Å². The number of carbonyl (C=O) groups is 1. The number of likely N-dealkylation sites (tertiary alicyclic amines) is 1. The maximum Gasteiger partial charge on any atom is 0.411 e. The van der Waals surface area contributed by atoms with E-state index in [4.69, 9.17) is 4.74 Å². The summed E-state index contributed by atoms with van der Waals surface area (Å²) in [7, 11) is 0. The summed E-state index contributed by atoms with van der Waals surface area (Å²) < 4.78 is 5.78. The fraction of sp³-hybridized carbons (Fsp3) is 0.435. The summed E-state index contributed by atoms with van der Waals surface area (Å²) in [6.45, 7) is 10.0. The molecule has 0 radical (unpaired) electrons. The molecule has 26 heavy (non-hydrogen) atoms. The third-order valence-corrected chi connectivity index (χ3v) is 4.99. The average Bonchev–Trinajstić information content (AvgIpc) is 2.86. The van der Waals surface area contributed by atoms with E-state index in [-0.39, 0.29) is 23.6 Å². The Bertz CT molecular complexity index is 747. The topological polar surface area (TPSA) is 29.5 Å². The van der Waals surface area contributed by atoms with Gasteiger partial charge in [-0.3, -0.25) is 4.90 Å². The van der Waals surface area contributed by atoms with E-state index in [1.807, 2.05) is 49.9 Å². The van der Waals surface area contributed by atoms with Gasteiger partial charge in [-0.15, -0.1) is 0 Å². The summed E-state index contributed by atoms with van der Waals surface area (Å²) in [5.74, 6) is 0.237.